The molecule has 2 aliphatic heterocycles. The van der Waals surface area contributed by atoms with E-state index in [9.17, 15) is 63.0 Å². The molecule has 0 saturated carbocycles. The molecular formula is C43H74N12O13. The van der Waals surface area contributed by atoms with E-state index in [2.05, 4.69) is 47.9 Å². The molecule has 0 bridgehead atoms. The van der Waals surface area contributed by atoms with Gasteiger partial charge in [0.25, 0.3) is 0 Å². The number of likely N-dealkylation sites (tertiary alicyclic amines) is 1. The summed E-state index contributed by atoms with van der Waals surface area (Å²) in [7, 11) is 0. The summed E-state index contributed by atoms with van der Waals surface area (Å²) >= 11 is 0. The fourth-order valence-corrected chi connectivity index (χ4v) is 7.44. The number of nitrogens with zero attached hydrogens (tertiary/aromatic N) is 1. The Morgan fingerprint density at radius 2 is 1.28 bits per heavy atom. The number of nitrogens with one attached hydrogen (secondary N) is 9. The zero-order valence-electron chi connectivity index (χ0n) is 39.8. The first-order valence-electron chi connectivity index (χ1n) is 23.3. The predicted octanol–water partition coefficient (Wildman–Crippen LogP) is -4.55. The van der Waals surface area contributed by atoms with E-state index < -0.39 is 133 Å². The van der Waals surface area contributed by atoms with Crippen LogP contribution in [0, 0.1) is 11.8 Å². The average Bonchev–Trinajstić information content (AvgIpc) is 3.95. The number of hydrogen-bond donors (Lipinski definition) is 13. The second-order valence-corrected chi connectivity index (χ2v) is 18.1. The molecule has 68 heavy (non-hydrogen) atoms. The van der Waals surface area contributed by atoms with E-state index >= 15 is 0 Å². The highest BCUT2D eigenvalue weighted by atomic mass is 16.4. The van der Waals surface area contributed by atoms with Gasteiger partial charge >= 0.3 is 5.97 Å². The largest absolute Gasteiger partial charge is 0.480 e. The number of β-amino-alcohol motifs (C(OH)–C–C–N with tert-alkyl or cyclic N) is 1. The third kappa shape index (κ3) is 21.3. The Bertz CT molecular complexity index is 1780. The van der Waals surface area contributed by atoms with Crippen LogP contribution in [-0.2, 0) is 52.7 Å². The molecule has 0 aliphatic carbocycles. The van der Waals surface area contributed by atoms with Crippen molar-refractivity contribution in [3.63, 3.8) is 0 Å². The molecule has 2 saturated heterocycles. The van der Waals surface area contributed by atoms with Crippen molar-refractivity contribution >= 4 is 65.0 Å². The van der Waals surface area contributed by atoms with Crippen LogP contribution in [0.2, 0.25) is 0 Å². The van der Waals surface area contributed by atoms with Crippen LogP contribution < -0.4 is 59.3 Å². The maximum atomic E-state index is 13.5. The van der Waals surface area contributed by atoms with Crippen LogP contribution in [-0.4, -0.2) is 168 Å². The van der Waals surface area contributed by atoms with E-state index in [0.717, 1.165) is 0 Å². The molecule has 0 radical (unpaired) electrons. The smallest absolute Gasteiger partial charge is 0.326 e. The number of rotatable bonds is 30. The van der Waals surface area contributed by atoms with Crippen molar-refractivity contribution in [2.24, 2.45) is 23.3 Å². The monoisotopic (exact) mass is 967 g/mol. The van der Waals surface area contributed by atoms with Gasteiger partial charge in [0, 0.05) is 19.5 Å². The Morgan fingerprint density at radius 1 is 0.662 bits per heavy atom. The van der Waals surface area contributed by atoms with Gasteiger partial charge in [0.15, 0.2) is 0 Å². The van der Waals surface area contributed by atoms with Gasteiger partial charge in [-0.05, 0) is 89.5 Å². The molecule has 0 spiro atoms. The summed E-state index contributed by atoms with van der Waals surface area (Å²) < 4.78 is 0. The van der Waals surface area contributed by atoms with Gasteiger partial charge in [-0.1, -0.05) is 27.7 Å². The normalized spacial score (nSPS) is 18.8. The number of primary amides is 1. The second kappa shape index (κ2) is 29.7. The van der Waals surface area contributed by atoms with E-state index in [-0.39, 0.29) is 63.5 Å². The van der Waals surface area contributed by atoms with Crippen molar-refractivity contribution in [2.75, 3.05) is 39.3 Å². The Hall–Kier alpha value is -5.95. The van der Waals surface area contributed by atoms with Gasteiger partial charge in [0.1, 0.15) is 36.3 Å². The highest BCUT2D eigenvalue weighted by molar-refractivity contribution is 5.97. The lowest BCUT2D eigenvalue weighted by molar-refractivity contribution is -0.144. The van der Waals surface area contributed by atoms with E-state index in [1.165, 1.54) is 11.8 Å². The number of unbranched alkanes of at least 4 members (excludes halogenated alkanes) is 1. The predicted molar refractivity (Wildman–Crippen MR) is 244 cm³/mol. The first kappa shape index (κ1) is 58.2. The SMILES string of the molecule is CC(C)CC[C@@H](NC(=O)CNC(=O)[C@@H](CC(C)C)NC(=O)[C@H](CCC(N)=O)NC(=O)CNC(=O)[C@@H]1C[C@@H](O)CN1)C(=O)N[C@H](C)C(=O)NCC(=O)N1CCC[C@H]1C(=O)N[C@@H](CCCCN)C(=O)O. The molecule has 15 N–H and O–H groups in total. The third-order valence-electron chi connectivity index (χ3n) is 11.2. The molecule has 2 fully saturated rings. The summed E-state index contributed by atoms with van der Waals surface area (Å²) in [6.45, 7) is 7.87. The van der Waals surface area contributed by atoms with E-state index in [1.54, 1.807) is 13.8 Å². The van der Waals surface area contributed by atoms with Gasteiger partial charge in [-0.2, -0.15) is 0 Å². The Balaban J connectivity index is 2.00. The minimum Gasteiger partial charge on any atom is -0.480 e. The Labute approximate surface area is 396 Å². The van der Waals surface area contributed by atoms with Crippen LogP contribution in [0.3, 0.4) is 0 Å². The Morgan fingerprint density at radius 3 is 1.85 bits per heavy atom. The molecule has 2 heterocycles. The number of nitrogens with two attached hydrogens (primary N) is 2. The lowest BCUT2D eigenvalue weighted by Crippen LogP contribution is -2.57. The van der Waals surface area contributed by atoms with Crippen LogP contribution in [0.15, 0.2) is 0 Å². The van der Waals surface area contributed by atoms with Gasteiger partial charge < -0.3 is 74.4 Å². The zero-order valence-corrected chi connectivity index (χ0v) is 39.8. The number of carbonyl (C=O) groups is 11. The maximum absolute atomic E-state index is 13.5. The molecule has 2 aliphatic rings. The van der Waals surface area contributed by atoms with Crippen molar-refractivity contribution in [3.05, 3.63) is 0 Å². The zero-order chi connectivity index (χ0) is 51.1. The minimum atomic E-state index is -1.35. The van der Waals surface area contributed by atoms with Crippen molar-refractivity contribution in [1.29, 1.82) is 0 Å². The van der Waals surface area contributed by atoms with E-state index in [0.29, 0.717) is 38.6 Å². The molecule has 384 valence electrons. The number of amides is 10. The molecule has 0 aromatic heterocycles. The second-order valence-electron chi connectivity index (χ2n) is 18.1. The molecule has 10 amide bonds. The number of hydrogen-bond acceptors (Lipinski definition) is 14. The lowest BCUT2D eigenvalue weighted by Gasteiger charge is -2.26. The quantitative estimate of drug-likeness (QED) is 0.0302. The molecule has 0 aromatic carbocycles. The number of carboxylic acid groups (broad SMARTS) is 1. The fourth-order valence-electron chi connectivity index (χ4n) is 7.44. The minimum absolute atomic E-state index is 0.0913. The molecule has 0 aromatic rings. The number of carboxylic acids is 1. The number of aliphatic hydroxyl groups excluding tert-OH is 1. The summed E-state index contributed by atoms with van der Waals surface area (Å²) in [5.74, 6) is -8.38. The van der Waals surface area contributed by atoms with Crippen molar-refractivity contribution < 1.29 is 63.0 Å². The molecule has 25 nitrogen and oxygen atoms in total. The standard InChI is InChI=1S/C43H74N12O13/c1-23(2)11-12-27(40(64)50-25(5)37(61)49-22-36(60)55-16-8-10-32(55)42(66)53-29(43(67)68)9-6-7-15-44)51-35(59)21-48-39(63)31(17-24(3)4)54-41(65)28(13-14-33(45)57)52-34(58)20-47-38(62)30-18-26(56)19-46-30/h23-32,46,56H,6-22,44H2,1-5H3,(H2,45,57)(H,47,62)(H,48,63)(H,49,61)(H,50,64)(H,51,59)(H,52,58)(H,53,66)(H,54,65)(H,67,68)/t25-,26-,27-,28+,29+,30+,31-,32+/m1/s1. The van der Waals surface area contributed by atoms with E-state index in [1.807, 2.05) is 13.8 Å². The molecule has 2 rings (SSSR count). The van der Waals surface area contributed by atoms with Crippen molar-refractivity contribution in [2.45, 2.75) is 154 Å². The molecule has 0 unspecified atom stereocenters. The van der Waals surface area contributed by atoms with Crippen molar-refractivity contribution in [3.8, 4) is 0 Å². The highest BCUT2D eigenvalue weighted by Gasteiger charge is 2.36. The van der Waals surface area contributed by atoms with Crippen LogP contribution in [0.4, 0.5) is 0 Å². The third-order valence-corrected chi connectivity index (χ3v) is 11.2. The van der Waals surface area contributed by atoms with E-state index in [4.69, 9.17) is 11.5 Å². The molecule has 8 atom stereocenters. The van der Waals surface area contributed by atoms with Gasteiger partial charge in [-0.3, -0.25) is 47.9 Å². The highest BCUT2D eigenvalue weighted by Crippen LogP contribution is 2.18. The van der Waals surface area contributed by atoms with Gasteiger partial charge in [0.05, 0.1) is 31.8 Å². The summed E-state index contributed by atoms with van der Waals surface area (Å²) in [5, 5.41) is 42.0. The number of aliphatic carboxylic acids is 1. The summed E-state index contributed by atoms with van der Waals surface area (Å²) in [4.78, 5) is 142. The van der Waals surface area contributed by atoms with Crippen molar-refractivity contribution in [1.82, 2.24) is 52.8 Å². The lowest BCUT2D eigenvalue weighted by atomic mass is 10.0. The fraction of sp³-hybridized carbons (Fsp3) is 0.744. The topological polar surface area (TPSA) is 392 Å². The Kier molecular flexibility index (Phi) is 25.4. The van der Waals surface area contributed by atoms with Crippen LogP contribution in [0.25, 0.3) is 0 Å². The van der Waals surface area contributed by atoms with Crippen LogP contribution in [0.5, 0.6) is 0 Å². The number of aliphatic hydroxyl groups is 1. The molecular weight excluding hydrogens is 893 g/mol. The average molecular weight is 967 g/mol. The summed E-state index contributed by atoms with van der Waals surface area (Å²) in [5.41, 5.74) is 10.8. The summed E-state index contributed by atoms with van der Waals surface area (Å²) in [6, 6.07) is -7.69. The van der Waals surface area contributed by atoms with Gasteiger partial charge in [-0.25, -0.2) is 4.79 Å². The van der Waals surface area contributed by atoms with Crippen LogP contribution >= 0.6 is 0 Å². The summed E-state index contributed by atoms with van der Waals surface area (Å²) in [6.07, 6.45) is 1.65. The first-order chi connectivity index (χ1) is 32.0. The number of carbonyl (C=O) groups excluding carboxylic acids is 10. The van der Waals surface area contributed by atoms with Crippen LogP contribution in [0.1, 0.15) is 105 Å². The first-order valence-corrected chi connectivity index (χ1v) is 23.3. The van der Waals surface area contributed by atoms with Gasteiger partial charge in [0.2, 0.25) is 59.1 Å². The molecule has 25 heteroatoms. The van der Waals surface area contributed by atoms with Gasteiger partial charge in [-0.15, -0.1) is 0 Å². The maximum Gasteiger partial charge on any atom is 0.326 e.